The Bertz CT molecular complexity index is 880. The predicted octanol–water partition coefficient (Wildman–Crippen LogP) is 4.50. The number of para-hydroxylation sites is 1. The molecule has 0 unspecified atom stereocenters. The molecule has 2 aromatic rings. The van der Waals surface area contributed by atoms with Gasteiger partial charge in [0.1, 0.15) is 10.7 Å². The molecule has 2 amide bonds. The molecule has 0 aliphatic carbocycles. The van der Waals surface area contributed by atoms with Crippen LogP contribution in [0.5, 0.6) is 5.75 Å². The quantitative estimate of drug-likeness (QED) is 0.674. The fourth-order valence-corrected chi connectivity index (χ4v) is 3.58. The first-order chi connectivity index (χ1) is 12.9. The number of hydrogen-bond donors (Lipinski definition) is 2. The van der Waals surface area contributed by atoms with Crippen LogP contribution < -0.4 is 15.4 Å². The summed E-state index contributed by atoms with van der Waals surface area (Å²) in [5.41, 5.74) is 0.535. The molecule has 9 heteroatoms. The summed E-state index contributed by atoms with van der Waals surface area (Å²) < 4.78 is 18.7. The summed E-state index contributed by atoms with van der Waals surface area (Å²) in [7, 11) is 0. The van der Waals surface area contributed by atoms with Crippen molar-refractivity contribution in [2.24, 2.45) is 0 Å². The summed E-state index contributed by atoms with van der Waals surface area (Å²) in [6.07, 6.45) is 1.83. The molecule has 0 spiro atoms. The zero-order chi connectivity index (χ0) is 19.8. The fourth-order valence-electron chi connectivity index (χ4n) is 2.00. The summed E-state index contributed by atoms with van der Waals surface area (Å²) in [5.74, 6) is -1.30. The molecule has 0 bridgehead atoms. The lowest BCUT2D eigenvalue weighted by molar-refractivity contribution is -0.118. The van der Waals surface area contributed by atoms with Crippen molar-refractivity contribution in [3.8, 4) is 5.75 Å². The van der Waals surface area contributed by atoms with E-state index in [4.69, 9.17) is 4.74 Å². The van der Waals surface area contributed by atoms with Crippen molar-refractivity contribution in [2.75, 3.05) is 17.2 Å². The van der Waals surface area contributed by atoms with Crippen LogP contribution in [0.1, 0.15) is 19.5 Å². The summed E-state index contributed by atoms with van der Waals surface area (Å²) in [6.45, 7) is 6.53. The monoisotopic (exact) mass is 407 g/mol. The Balaban J connectivity index is 2.12. The number of anilines is 2. The van der Waals surface area contributed by atoms with Gasteiger partial charge in [-0.25, -0.2) is 9.37 Å². The van der Waals surface area contributed by atoms with Gasteiger partial charge < -0.3 is 10.1 Å². The number of carbonyl (C=O) groups is 2. The number of rotatable bonds is 8. The Morgan fingerprint density at radius 3 is 2.74 bits per heavy atom. The highest BCUT2D eigenvalue weighted by molar-refractivity contribution is 8.10. The molecule has 0 aliphatic heterocycles. The average molecular weight is 407 g/mol. The third-order valence-corrected chi connectivity index (χ3v) is 4.80. The van der Waals surface area contributed by atoms with E-state index >= 15 is 0 Å². The predicted molar refractivity (Wildman–Crippen MR) is 108 cm³/mol. The van der Waals surface area contributed by atoms with Crippen LogP contribution in [0.4, 0.5) is 14.5 Å². The molecule has 2 N–H and O–H groups in total. The molecule has 1 aromatic carbocycles. The molecular weight excluding hydrogens is 389 g/mol. The number of amides is 2. The van der Waals surface area contributed by atoms with Gasteiger partial charge >= 0.3 is 0 Å². The van der Waals surface area contributed by atoms with Crippen molar-refractivity contribution in [3.63, 3.8) is 0 Å². The number of aromatic nitrogens is 1. The van der Waals surface area contributed by atoms with Gasteiger partial charge in [0.05, 0.1) is 0 Å². The molecule has 142 valence electrons. The van der Waals surface area contributed by atoms with Gasteiger partial charge in [-0.1, -0.05) is 47.9 Å². The summed E-state index contributed by atoms with van der Waals surface area (Å²) in [5, 5.41) is 7.74. The molecule has 0 radical (unpaired) electrons. The van der Waals surface area contributed by atoms with Crippen molar-refractivity contribution in [2.45, 2.75) is 13.8 Å². The highest BCUT2D eigenvalue weighted by atomic mass is 32.2. The first kappa shape index (κ1) is 20.7. The molecule has 0 saturated heterocycles. The average Bonchev–Trinajstić information content (AvgIpc) is 3.00. The van der Waals surface area contributed by atoms with Gasteiger partial charge in [-0.3, -0.25) is 14.9 Å². The highest BCUT2D eigenvalue weighted by Gasteiger charge is 2.17. The lowest BCUT2D eigenvalue weighted by Gasteiger charge is -2.06. The zero-order valence-electron chi connectivity index (χ0n) is 14.7. The van der Waals surface area contributed by atoms with E-state index in [0.717, 1.165) is 16.2 Å². The number of thioether (sulfide) groups is 1. The largest absolute Gasteiger partial charge is 0.481 e. The molecular formula is C18H18FN3O3S2. The lowest BCUT2D eigenvalue weighted by atomic mass is 10.3. The van der Waals surface area contributed by atoms with Crippen LogP contribution in [0.15, 0.2) is 42.3 Å². The van der Waals surface area contributed by atoms with Gasteiger partial charge in [-0.05, 0) is 24.5 Å². The smallest absolute Gasteiger partial charge is 0.264 e. The number of halogens is 1. The second-order valence-corrected chi connectivity index (χ2v) is 7.09. The molecule has 0 aliphatic rings. The first-order valence-electron chi connectivity index (χ1n) is 7.84. The van der Waals surface area contributed by atoms with Gasteiger partial charge in [-0.2, -0.15) is 0 Å². The van der Waals surface area contributed by atoms with Crippen LogP contribution in [0, 0.1) is 5.82 Å². The maximum atomic E-state index is 13.5. The van der Waals surface area contributed by atoms with E-state index in [1.54, 1.807) is 11.5 Å². The zero-order valence-corrected chi connectivity index (χ0v) is 16.4. The number of benzene rings is 1. The number of carbonyl (C=O) groups excluding carboxylic acids is 2. The first-order valence-corrected chi connectivity index (χ1v) is 9.54. The summed E-state index contributed by atoms with van der Waals surface area (Å²) in [4.78, 5) is 28.7. The maximum Gasteiger partial charge on any atom is 0.264 e. The topological polar surface area (TPSA) is 80.3 Å². The van der Waals surface area contributed by atoms with E-state index < -0.39 is 11.7 Å². The Hall–Kier alpha value is -2.65. The van der Waals surface area contributed by atoms with Crippen molar-refractivity contribution in [1.29, 1.82) is 0 Å². The minimum atomic E-state index is -0.547. The summed E-state index contributed by atoms with van der Waals surface area (Å²) >= 11 is 2.47. The number of hydrogen-bond acceptors (Lipinski definition) is 6. The third kappa shape index (κ3) is 5.93. The van der Waals surface area contributed by atoms with E-state index in [1.165, 1.54) is 36.9 Å². The van der Waals surface area contributed by atoms with Crippen molar-refractivity contribution in [3.05, 3.63) is 53.8 Å². The van der Waals surface area contributed by atoms with E-state index in [9.17, 15) is 14.0 Å². The minimum absolute atomic E-state index is 0.00926. The number of ether oxygens (including phenoxy) is 1. The minimum Gasteiger partial charge on any atom is -0.481 e. The maximum absolute atomic E-state index is 13.5. The van der Waals surface area contributed by atoms with Crippen molar-refractivity contribution < 1.29 is 18.7 Å². The SMILES string of the molecule is C=CSC(=CC)c1nc(NC(=O)COc2ccccc2F)sc1NC(C)=O. The number of nitrogens with one attached hydrogen (secondary N) is 2. The number of nitrogens with zero attached hydrogens (tertiary/aromatic N) is 1. The fraction of sp³-hybridized carbons (Fsp3) is 0.167. The standard InChI is InChI=1S/C18H18FN3O3S2/c1-4-14(26-5-2)16-17(20-11(3)23)27-18(22-16)21-15(24)10-25-13-9-7-6-8-12(13)19/h4-9H,2,10H2,1,3H3,(H,20,23)(H,21,22,24). The lowest BCUT2D eigenvalue weighted by Crippen LogP contribution is -2.20. The molecule has 27 heavy (non-hydrogen) atoms. The Labute approximate surface area is 164 Å². The van der Waals surface area contributed by atoms with E-state index in [-0.39, 0.29) is 18.3 Å². The van der Waals surface area contributed by atoms with E-state index in [2.05, 4.69) is 22.2 Å². The van der Waals surface area contributed by atoms with Crippen molar-refractivity contribution in [1.82, 2.24) is 4.98 Å². The molecule has 2 rings (SSSR count). The van der Waals surface area contributed by atoms with Crippen LogP contribution in [0.2, 0.25) is 0 Å². The van der Waals surface area contributed by atoms with Crippen molar-refractivity contribution >= 4 is 50.0 Å². The Morgan fingerprint density at radius 2 is 2.11 bits per heavy atom. The third-order valence-electron chi connectivity index (χ3n) is 3.06. The number of thiazole rings is 1. The molecule has 1 aromatic heterocycles. The molecule has 0 atom stereocenters. The highest BCUT2D eigenvalue weighted by Crippen LogP contribution is 2.38. The van der Waals surface area contributed by atoms with E-state index in [0.29, 0.717) is 15.8 Å². The van der Waals surface area contributed by atoms with Crippen LogP contribution in [0.25, 0.3) is 4.91 Å². The second kappa shape index (κ2) is 9.89. The Morgan fingerprint density at radius 1 is 1.37 bits per heavy atom. The summed E-state index contributed by atoms with van der Waals surface area (Å²) in [6, 6.07) is 5.82. The van der Waals surface area contributed by atoms with Gasteiger partial charge in [-0.15, -0.1) is 0 Å². The molecule has 1 heterocycles. The molecule has 0 fully saturated rings. The van der Waals surface area contributed by atoms with Gasteiger partial charge in [0.25, 0.3) is 5.91 Å². The normalized spacial score (nSPS) is 11.0. The van der Waals surface area contributed by atoms with Crippen LogP contribution in [-0.4, -0.2) is 23.4 Å². The van der Waals surface area contributed by atoms with Crippen LogP contribution in [-0.2, 0) is 9.59 Å². The number of allylic oxidation sites excluding steroid dienone is 1. The van der Waals surface area contributed by atoms with Crippen LogP contribution >= 0.6 is 23.1 Å². The Kier molecular flexibility index (Phi) is 7.56. The second-order valence-electron chi connectivity index (χ2n) is 5.08. The van der Waals surface area contributed by atoms with Gasteiger partial charge in [0.15, 0.2) is 23.3 Å². The molecule has 6 nitrogen and oxygen atoms in total. The van der Waals surface area contributed by atoms with E-state index in [1.807, 2.05) is 13.0 Å². The van der Waals surface area contributed by atoms with Gasteiger partial charge in [0, 0.05) is 11.8 Å². The molecule has 0 saturated carbocycles. The van der Waals surface area contributed by atoms with Gasteiger partial charge in [0.2, 0.25) is 5.91 Å². The van der Waals surface area contributed by atoms with Crippen LogP contribution in [0.3, 0.4) is 0 Å².